The third kappa shape index (κ3) is 1.54. The molecule has 0 aliphatic heterocycles. The molecule has 1 saturated carbocycles. The van der Waals surface area contributed by atoms with Gasteiger partial charge >= 0.3 is 0 Å². The molecule has 10 heavy (non-hydrogen) atoms. The van der Waals surface area contributed by atoms with E-state index in [4.69, 9.17) is 11.6 Å². The van der Waals surface area contributed by atoms with Gasteiger partial charge in [-0.15, -0.1) is 18.2 Å². The van der Waals surface area contributed by atoms with Crippen molar-refractivity contribution in [3.8, 4) is 0 Å². The lowest BCUT2D eigenvalue weighted by Gasteiger charge is -2.24. The number of alkyl halides is 1. The maximum atomic E-state index is 5.87. The molecule has 1 fully saturated rings. The summed E-state index contributed by atoms with van der Waals surface area (Å²) in [6.45, 7) is 6.01. The molecule has 0 nitrogen and oxygen atoms in total. The highest BCUT2D eigenvalue weighted by atomic mass is 35.5. The second-order valence-corrected chi connectivity index (χ2v) is 3.82. The van der Waals surface area contributed by atoms with Crippen molar-refractivity contribution < 1.29 is 0 Å². The van der Waals surface area contributed by atoms with Gasteiger partial charge in [0.1, 0.15) is 0 Å². The summed E-state index contributed by atoms with van der Waals surface area (Å²) in [7, 11) is 0. The fourth-order valence-electron chi connectivity index (χ4n) is 1.44. The topological polar surface area (TPSA) is 0 Å². The van der Waals surface area contributed by atoms with Gasteiger partial charge in [-0.05, 0) is 30.6 Å². The van der Waals surface area contributed by atoms with Crippen molar-refractivity contribution >= 4 is 11.6 Å². The van der Waals surface area contributed by atoms with Crippen LogP contribution < -0.4 is 0 Å². The van der Waals surface area contributed by atoms with E-state index >= 15 is 0 Å². The molecule has 1 aliphatic rings. The van der Waals surface area contributed by atoms with E-state index in [1.54, 1.807) is 0 Å². The van der Waals surface area contributed by atoms with Gasteiger partial charge in [0.2, 0.25) is 0 Å². The number of hydrogen-bond donors (Lipinski definition) is 0. The number of allylic oxidation sites excluding steroid dienone is 1. The molecule has 0 amide bonds. The van der Waals surface area contributed by atoms with Crippen LogP contribution in [0.4, 0.5) is 0 Å². The smallest absolute Gasteiger partial charge is 0.0282 e. The molecule has 0 aromatic rings. The highest BCUT2D eigenvalue weighted by molar-refractivity contribution is 6.18. The van der Waals surface area contributed by atoms with Gasteiger partial charge in [-0.25, -0.2) is 0 Å². The molecule has 1 heteroatoms. The van der Waals surface area contributed by atoms with Gasteiger partial charge in [0, 0.05) is 5.88 Å². The number of rotatable bonds is 4. The van der Waals surface area contributed by atoms with Crippen LogP contribution >= 0.6 is 11.6 Å². The first-order valence-corrected chi connectivity index (χ1v) is 4.43. The third-order valence-electron chi connectivity index (χ3n) is 2.48. The first-order chi connectivity index (χ1) is 4.73. The zero-order chi connectivity index (χ0) is 7.61. The van der Waals surface area contributed by atoms with Gasteiger partial charge in [-0.1, -0.05) is 13.0 Å². The van der Waals surface area contributed by atoms with Crippen LogP contribution in [0.1, 0.15) is 26.2 Å². The van der Waals surface area contributed by atoms with Crippen LogP contribution in [-0.4, -0.2) is 5.88 Å². The largest absolute Gasteiger partial charge is 0.126 e. The fraction of sp³-hybridized carbons (Fsp3) is 0.778. The van der Waals surface area contributed by atoms with Crippen molar-refractivity contribution in [1.29, 1.82) is 0 Å². The van der Waals surface area contributed by atoms with Gasteiger partial charge in [0.05, 0.1) is 0 Å². The molecule has 1 unspecified atom stereocenters. The van der Waals surface area contributed by atoms with Gasteiger partial charge in [0.15, 0.2) is 0 Å². The number of hydrogen-bond acceptors (Lipinski definition) is 0. The zero-order valence-corrected chi connectivity index (χ0v) is 7.32. The van der Waals surface area contributed by atoms with E-state index < -0.39 is 0 Å². The van der Waals surface area contributed by atoms with E-state index in [-0.39, 0.29) is 0 Å². The van der Waals surface area contributed by atoms with Crippen molar-refractivity contribution in [2.24, 2.45) is 11.3 Å². The fourth-order valence-corrected chi connectivity index (χ4v) is 1.77. The second kappa shape index (κ2) is 2.96. The van der Waals surface area contributed by atoms with Crippen molar-refractivity contribution in [2.45, 2.75) is 26.2 Å². The lowest BCUT2D eigenvalue weighted by atomic mass is 9.84. The van der Waals surface area contributed by atoms with E-state index in [1.165, 1.54) is 12.8 Å². The Kier molecular flexibility index (Phi) is 2.40. The predicted octanol–water partition coefficient (Wildman–Crippen LogP) is 3.22. The van der Waals surface area contributed by atoms with Gasteiger partial charge in [0.25, 0.3) is 0 Å². The molecule has 0 aromatic carbocycles. The van der Waals surface area contributed by atoms with Gasteiger partial charge in [-0.2, -0.15) is 0 Å². The van der Waals surface area contributed by atoms with Crippen LogP contribution in [0.2, 0.25) is 0 Å². The molecule has 1 rings (SSSR count). The van der Waals surface area contributed by atoms with Crippen LogP contribution in [0, 0.1) is 11.3 Å². The minimum Gasteiger partial charge on any atom is -0.126 e. The normalized spacial score (nSPS) is 23.8. The number of halogens is 1. The Hall–Kier alpha value is 0.0300. The Morgan fingerprint density at radius 2 is 2.30 bits per heavy atom. The zero-order valence-electron chi connectivity index (χ0n) is 6.57. The quantitative estimate of drug-likeness (QED) is 0.436. The van der Waals surface area contributed by atoms with Crippen molar-refractivity contribution in [2.75, 3.05) is 5.88 Å². The Labute approximate surface area is 68.3 Å². The van der Waals surface area contributed by atoms with Crippen LogP contribution in [0.5, 0.6) is 0 Å². The van der Waals surface area contributed by atoms with Crippen molar-refractivity contribution in [1.82, 2.24) is 0 Å². The summed E-state index contributed by atoms with van der Waals surface area (Å²) in [5.41, 5.74) is 0.351. The summed E-state index contributed by atoms with van der Waals surface area (Å²) in [5.74, 6) is 1.66. The van der Waals surface area contributed by atoms with E-state index in [2.05, 4.69) is 13.5 Å². The summed E-state index contributed by atoms with van der Waals surface area (Å²) >= 11 is 5.87. The SMILES string of the molecule is C=CCC(C)(CCl)C1CC1. The van der Waals surface area contributed by atoms with Gasteiger partial charge < -0.3 is 0 Å². The minimum atomic E-state index is 0.351. The molecule has 1 atom stereocenters. The van der Waals surface area contributed by atoms with Gasteiger partial charge in [-0.3, -0.25) is 0 Å². The lowest BCUT2D eigenvalue weighted by molar-refractivity contribution is 0.320. The highest BCUT2D eigenvalue weighted by Crippen LogP contribution is 2.48. The van der Waals surface area contributed by atoms with Crippen molar-refractivity contribution in [3.05, 3.63) is 12.7 Å². The van der Waals surface area contributed by atoms with E-state index in [9.17, 15) is 0 Å². The summed E-state index contributed by atoms with van der Waals surface area (Å²) in [4.78, 5) is 0. The highest BCUT2D eigenvalue weighted by Gasteiger charge is 2.39. The Morgan fingerprint density at radius 1 is 1.70 bits per heavy atom. The molecule has 0 heterocycles. The molecule has 1 aliphatic carbocycles. The maximum absolute atomic E-state index is 5.87. The van der Waals surface area contributed by atoms with E-state index in [1.807, 2.05) is 6.08 Å². The van der Waals surface area contributed by atoms with E-state index in [0.717, 1.165) is 18.2 Å². The van der Waals surface area contributed by atoms with E-state index in [0.29, 0.717) is 5.41 Å². The first-order valence-electron chi connectivity index (χ1n) is 3.90. The Morgan fingerprint density at radius 3 is 2.60 bits per heavy atom. The average Bonchev–Trinajstić information content (AvgIpc) is 2.69. The van der Waals surface area contributed by atoms with Crippen LogP contribution in [-0.2, 0) is 0 Å². The molecule has 0 bridgehead atoms. The Balaban J connectivity index is 2.46. The molecular weight excluding hydrogens is 144 g/mol. The standard InChI is InChI=1S/C9H15Cl/c1-3-6-9(2,7-10)8-4-5-8/h3,8H,1,4-7H2,2H3. The second-order valence-electron chi connectivity index (χ2n) is 3.55. The summed E-state index contributed by atoms with van der Waals surface area (Å²) in [6, 6.07) is 0. The minimum absolute atomic E-state index is 0.351. The molecule has 0 spiro atoms. The molecule has 0 aromatic heterocycles. The molecule has 0 radical (unpaired) electrons. The average molecular weight is 159 g/mol. The monoisotopic (exact) mass is 158 g/mol. The molecule has 58 valence electrons. The summed E-state index contributed by atoms with van der Waals surface area (Å²) < 4.78 is 0. The van der Waals surface area contributed by atoms with Crippen LogP contribution in [0.15, 0.2) is 12.7 Å². The first kappa shape index (κ1) is 8.13. The maximum Gasteiger partial charge on any atom is 0.0282 e. The lowest BCUT2D eigenvalue weighted by Crippen LogP contribution is -2.19. The summed E-state index contributed by atoms with van der Waals surface area (Å²) in [5, 5.41) is 0. The van der Waals surface area contributed by atoms with Crippen molar-refractivity contribution in [3.63, 3.8) is 0 Å². The molecule has 0 saturated heterocycles. The van der Waals surface area contributed by atoms with Crippen LogP contribution in [0.25, 0.3) is 0 Å². The third-order valence-corrected chi connectivity index (χ3v) is 3.09. The molecule has 0 N–H and O–H groups in total. The molecular formula is C9H15Cl. The Bertz CT molecular complexity index is 127. The predicted molar refractivity (Wildman–Crippen MR) is 46.4 cm³/mol. The van der Waals surface area contributed by atoms with Crippen LogP contribution in [0.3, 0.4) is 0 Å². The summed E-state index contributed by atoms with van der Waals surface area (Å²) in [6.07, 6.45) is 5.80.